The molecule has 1 aliphatic rings. The van der Waals surface area contributed by atoms with Crippen LogP contribution >= 0.6 is 0 Å². The number of anilines is 1. The molecule has 17 heavy (non-hydrogen) atoms. The molecule has 1 N–H and O–H groups in total. The van der Waals surface area contributed by atoms with Gasteiger partial charge in [-0.2, -0.15) is 0 Å². The number of ether oxygens (including phenoxy) is 1. The van der Waals surface area contributed by atoms with Crippen molar-refractivity contribution in [3.8, 4) is 0 Å². The molecule has 0 spiro atoms. The summed E-state index contributed by atoms with van der Waals surface area (Å²) in [6, 6.07) is 8.10. The van der Waals surface area contributed by atoms with E-state index in [4.69, 9.17) is 9.84 Å². The maximum atomic E-state index is 10.8. The van der Waals surface area contributed by atoms with E-state index in [0.29, 0.717) is 13.2 Å². The number of hydrogen-bond donors (Lipinski definition) is 1. The third kappa shape index (κ3) is 2.97. The lowest BCUT2D eigenvalue weighted by molar-refractivity contribution is -0.138. The van der Waals surface area contributed by atoms with Crippen LogP contribution in [0.5, 0.6) is 0 Å². The highest BCUT2D eigenvalue weighted by Gasteiger charge is 2.25. The highest BCUT2D eigenvalue weighted by atomic mass is 16.5. The van der Waals surface area contributed by atoms with Crippen molar-refractivity contribution in [2.75, 3.05) is 24.7 Å². The number of nitrogens with zero attached hydrogens (tertiary/aromatic N) is 1. The van der Waals surface area contributed by atoms with E-state index in [1.165, 1.54) is 5.56 Å². The van der Waals surface area contributed by atoms with Crippen molar-refractivity contribution in [1.29, 1.82) is 0 Å². The first-order valence-corrected chi connectivity index (χ1v) is 5.79. The maximum absolute atomic E-state index is 10.8. The van der Waals surface area contributed by atoms with Gasteiger partial charge < -0.3 is 14.7 Å². The summed E-state index contributed by atoms with van der Waals surface area (Å²) in [6.45, 7) is 3.93. The second-order valence-corrected chi connectivity index (χ2v) is 4.36. The molecule has 1 saturated heterocycles. The third-order valence-electron chi connectivity index (χ3n) is 3.00. The number of carboxylic acids is 1. The van der Waals surface area contributed by atoms with Crippen LogP contribution in [-0.2, 0) is 9.53 Å². The minimum absolute atomic E-state index is 0.0658. The number of aliphatic carboxylic acids is 1. The Morgan fingerprint density at radius 1 is 1.47 bits per heavy atom. The van der Waals surface area contributed by atoms with Gasteiger partial charge in [0.25, 0.3) is 0 Å². The Morgan fingerprint density at radius 3 is 2.82 bits per heavy atom. The summed E-state index contributed by atoms with van der Waals surface area (Å²) in [7, 11) is 0. The fraction of sp³-hybridized carbons (Fsp3) is 0.462. The van der Waals surface area contributed by atoms with E-state index in [9.17, 15) is 4.79 Å². The van der Waals surface area contributed by atoms with Gasteiger partial charge in [-0.3, -0.25) is 4.79 Å². The van der Waals surface area contributed by atoms with Crippen molar-refractivity contribution < 1.29 is 14.6 Å². The molecular formula is C13H17NO3. The smallest absolute Gasteiger partial charge is 0.305 e. The van der Waals surface area contributed by atoms with Gasteiger partial charge in [0.05, 0.1) is 25.7 Å². The minimum atomic E-state index is -0.780. The van der Waals surface area contributed by atoms with E-state index in [1.807, 2.05) is 31.2 Å². The molecule has 4 heteroatoms. The van der Waals surface area contributed by atoms with Gasteiger partial charge >= 0.3 is 5.97 Å². The molecule has 1 fully saturated rings. The molecule has 0 radical (unpaired) electrons. The molecule has 1 aliphatic heterocycles. The molecule has 2 rings (SSSR count). The van der Waals surface area contributed by atoms with E-state index >= 15 is 0 Å². The van der Waals surface area contributed by atoms with Crippen LogP contribution in [0.3, 0.4) is 0 Å². The summed E-state index contributed by atoms with van der Waals surface area (Å²) >= 11 is 0. The molecule has 1 atom stereocenters. The van der Waals surface area contributed by atoms with Crippen LogP contribution < -0.4 is 4.90 Å². The van der Waals surface area contributed by atoms with Gasteiger partial charge in [-0.05, 0) is 19.1 Å². The largest absolute Gasteiger partial charge is 0.481 e. The Bertz CT molecular complexity index is 388. The zero-order valence-electron chi connectivity index (χ0n) is 9.93. The lowest BCUT2D eigenvalue weighted by Gasteiger charge is -2.36. The van der Waals surface area contributed by atoms with Crippen LogP contribution in [0.4, 0.5) is 5.69 Å². The van der Waals surface area contributed by atoms with E-state index in [1.54, 1.807) is 0 Å². The van der Waals surface area contributed by atoms with Crippen LogP contribution in [0.2, 0.25) is 0 Å². The number of benzene rings is 1. The summed E-state index contributed by atoms with van der Waals surface area (Å²) in [4.78, 5) is 12.9. The Hall–Kier alpha value is -1.55. The Morgan fingerprint density at radius 2 is 2.18 bits per heavy atom. The molecule has 1 heterocycles. The Labute approximate surface area is 101 Å². The monoisotopic (exact) mass is 235 g/mol. The number of carbonyl (C=O) groups is 1. The molecule has 4 nitrogen and oxygen atoms in total. The van der Waals surface area contributed by atoms with E-state index in [0.717, 1.165) is 12.2 Å². The van der Waals surface area contributed by atoms with Crippen LogP contribution in [0.15, 0.2) is 24.3 Å². The second-order valence-electron chi connectivity index (χ2n) is 4.36. The quantitative estimate of drug-likeness (QED) is 0.866. The van der Waals surface area contributed by atoms with Gasteiger partial charge in [-0.25, -0.2) is 0 Å². The lowest BCUT2D eigenvalue weighted by atomic mass is 10.1. The highest BCUT2D eigenvalue weighted by Crippen LogP contribution is 2.21. The highest BCUT2D eigenvalue weighted by molar-refractivity contribution is 5.68. The van der Waals surface area contributed by atoms with Crippen LogP contribution in [-0.4, -0.2) is 36.9 Å². The van der Waals surface area contributed by atoms with Crippen LogP contribution in [0, 0.1) is 6.92 Å². The van der Waals surface area contributed by atoms with E-state index in [-0.39, 0.29) is 12.5 Å². The Kier molecular flexibility index (Phi) is 3.64. The fourth-order valence-electron chi connectivity index (χ4n) is 2.10. The van der Waals surface area contributed by atoms with Crippen LogP contribution in [0.25, 0.3) is 0 Å². The standard InChI is InChI=1S/C13H17NO3/c1-10-2-4-11(5-3-10)14-6-7-17-9-12(14)8-13(15)16/h2-5,12H,6-9H2,1H3,(H,15,16). The van der Waals surface area contributed by atoms with Crippen molar-refractivity contribution in [2.45, 2.75) is 19.4 Å². The van der Waals surface area contributed by atoms with Crippen molar-refractivity contribution in [3.63, 3.8) is 0 Å². The first-order valence-electron chi connectivity index (χ1n) is 5.79. The maximum Gasteiger partial charge on any atom is 0.305 e. The van der Waals surface area contributed by atoms with Gasteiger partial charge in [-0.1, -0.05) is 17.7 Å². The lowest BCUT2D eigenvalue weighted by Crippen LogP contribution is -2.46. The number of morpholine rings is 1. The summed E-state index contributed by atoms with van der Waals surface area (Å²) in [5.74, 6) is -0.780. The molecule has 0 bridgehead atoms. The fourth-order valence-corrected chi connectivity index (χ4v) is 2.10. The normalized spacial score (nSPS) is 20.3. The van der Waals surface area contributed by atoms with Crippen molar-refractivity contribution in [2.24, 2.45) is 0 Å². The van der Waals surface area contributed by atoms with Gasteiger partial charge in [0.1, 0.15) is 0 Å². The van der Waals surface area contributed by atoms with Crippen molar-refractivity contribution in [3.05, 3.63) is 29.8 Å². The van der Waals surface area contributed by atoms with Gasteiger partial charge in [0.2, 0.25) is 0 Å². The zero-order valence-corrected chi connectivity index (χ0v) is 9.93. The van der Waals surface area contributed by atoms with Crippen LogP contribution in [0.1, 0.15) is 12.0 Å². The topological polar surface area (TPSA) is 49.8 Å². The van der Waals surface area contributed by atoms with Gasteiger partial charge in [0.15, 0.2) is 0 Å². The molecule has 0 aliphatic carbocycles. The summed E-state index contributed by atoms with van der Waals surface area (Å²) in [6.07, 6.45) is 0.119. The molecule has 0 aromatic heterocycles. The summed E-state index contributed by atoms with van der Waals surface area (Å²) < 4.78 is 5.35. The minimum Gasteiger partial charge on any atom is -0.481 e. The van der Waals surface area contributed by atoms with Crippen molar-refractivity contribution in [1.82, 2.24) is 0 Å². The Balaban J connectivity index is 2.15. The van der Waals surface area contributed by atoms with E-state index < -0.39 is 5.97 Å². The van der Waals surface area contributed by atoms with Gasteiger partial charge in [-0.15, -0.1) is 0 Å². The molecule has 1 aromatic carbocycles. The van der Waals surface area contributed by atoms with Crippen molar-refractivity contribution >= 4 is 11.7 Å². The summed E-state index contributed by atoms with van der Waals surface area (Å²) in [5.41, 5.74) is 2.28. The third-order valence-corrected chi connectivity index (χ3v) is 3.00. The SMILES string of the molecule is Cc1ccc(N2CCOCC2CC(=O)O)cc1. The average molecular weight is 235 g/mol. The molecule has 0 saturated carbocycles. The number of rotatable bonds is 3. The molecule has 1 aromatic rings. The number of aryl methyl sites for hydroxylation is 1. The molecular weight excluding hydrogens is 218 g/mol. The molecule has 1 unspecified atom stereocenters. The predicted octanol–water partition coefficient (Wildman–Crippen LogP) is 1.67. The predicted molar refractivity (Wildman–Crippen MR) is 65.4 cm³/mol. The first-order chi connectivity index (χ1) is 8.16. The van der Waals surface area contributed by atoms with E-state index in [2.05, 4.69) is 4.90 Å². The summed E-state index contributed by atoms with van der Waals surface area (Å²) in [5, 5.41) is 8.89. The molecule has 0 amide bonds. The molecule has 92 valence electrons. The van der Waals surface area contributed by atoms with Gasteiger partial charge in [0, 0.05) is 12.2 Å². The number of carboxylic acid groups (broad SMARTS) is 1. The second kappa shape index (κ2) is 5.19. The zero-order chi connectivity index (χ0) is 12.3. The number of hydrogen-bond acceptors (Lipinski definition) is 3. The first kappa shape index (κ1) is 11.9. The average Bonchev–Trinajstić information content (AvgIpc) is 2.30.